The summed E-state index contributed by atoms with van der Waals surface area (Å²) in [6.45, 7) is 11.2. The Morgan fingerprint density at radius 3 is 2.33 bits per heavy atom. The molecule has 0 radical (unpaired) electrons. The van der Waals surface area contributed by atoms with Gasteiger partial charge in [0.1, 0.15) is 5.37 Å². The Hall–Kier alpha value is -3.24. The lowest BCUT2D eigenvalue weighted by atomic mass is 9.92. The minimum atomic E-state index is -0.400. The molecule has 0 spiro atoms. The first-order valence-electron chi connectivity index (χ1n) is 17.9. The Bertz CT molecular complexity index is 1470. The quantitative estimate of drug-likeness (QED) is 0.353. The lowest BCUT2D eigenvalue weighted by Gasteiger charge is -2.38. The van der Waals surface area contributed by atoms with Crippen LogP contribution in [0.2, 0.25) is 0 Å². The van der Waals surface area contributed by atoms with Crippen molar-refractivity contribution in [3.63, 3.8) is 0 Å². The molecule has 9 nitrogen and oxygen atoms in total. The van der Waals surface area contributed by atoms with Crippen LogP contribution in [-0.2, 0) is 16.0 Å². The summed E-state index contributed by atoms with van der Waals surface area (Å²) in [4.78, 5) is 51.7. The van der Waals surface area contributed by atoms with Crippen LogP contribution < -0.4 is 10.2 Å². The Morgan fingerprint density at radius 2 is 1.62 bits per heavy atom. The molecule has 6 rings (SSSR count). The zero-order valence-electron chi connectivity index (χ0n) is 29.5. The van der Waals surface area contributed by atoms with Crippen molar-refractivity contribution >= 4 is 41.0 Å². The van der Waals surface area contributed by atoms with E-state index in [1.54, 1.807) is 11.8 Å². The number of benzene rings is 2. The van der Waals surface area contributed by atoms with Crippen molar-refractivity contribution in [2.45, 2.75) is 88.4 Å². The number of urea groups is 1. The average Bonchev–Trinajstić information content (AvgIpc) is 3.27. The number of nitrogens with zero attached hydrogens (tertiary/aromatic N) is 5. The number of amides is 4. The molecule has 0 saturated carbocycles. The molecule has 2 unspecified atom stereocenters. The Labute approximate surface area is 292 Å². The molecule has 2 atom stereocenters. The standard InChI is InChI=1S/C38H54N6O3S.H2/c1-38(2,3)19-25-44-35(46)33(48-36(44)30-11-7-9-13-32(30)41-20-15-28(16-21-41)40(4)5)26-34(45)42-22-17-29(18-23-42)43-24-14-27-10-6-8-12-31(27)39-37(43)47;/h6-13,28-29,33,36H,14-26H2,1-5H3,(H,39,47);1H. The Balaban J connectivity index is 0.00000468. The van der Waals surface area contributed by atoms with Gasteiger partial charge in [-0.1, -0.05) is 57.2 Å². The third-order valence-corrected chi connectivity index (χ3v) is 12.2. The highest BCUT2D eigenvalue weighted by Crippen LogP contribution is 2.48. The Kier molecular flexibility index (Phi) is 10.6. The lowest BCUT2D eigenvalue weighted by molar-refractivity contribution is -0.137. The van der Waals surface area contributed by atoms with Gasteiger partial charge in [-0.3, -0.25) is 9.59 Å². The van der Waals surface area contributed by atoms with Crippen molar-refractivity contribution in [3.8, 4) is 0 Å². The van der Waals surface area contributed by atoms with Crippen LogP contribution in [0.1, 0.15) is 77.2 Å². The number of carbonyl (C=O) groups excluding carboxylic acids is 3. The number of nitrogens with one attached hydrogen (secondary N) is 1. The highest BCUT2D eigenvalue weighted by atomic mass is 32.2. The van der Waals surface area contributed by atoms with Crippen LogP contribution >= 0.6 is 11.8 Å². The molecule has 4 amide bonds. The predicted molar refractivity (Wildman–Crippen MR) is 197 cm³/mol. The van der Waals surface area contributed by atoms with E-state index in [-0.39, 0.29) is 42.5 Å². The van der Waals surface area contributed by atoms with Crippen molar-refractivity contribution in [2.24, 2.45) is 5.41 Å². The van der Waals surface area contributed by atoms with Crippen LogP contribution in [0.25, 0.3) is 0 Å². The fourth-order valence-corrected chi connectivity index (χ4v) is 9.21. The molecule has 3 fully saturated rings. The fourth-order valence-electron chi connectivity index (χ4n) is 7.71. The van der Waals surface area contributed by atoms with Gasteiger partial charge in [0.2, 0.25) is 11.8 Å². The third kappa shape index (κ3) is 7.80. The molecule has 262 valence electrons. The number of piperidine rings is 2. The summed E-state index contributed by atoms with van der Waals surface area (Å²) < 4.78 is 0. The monoisotopic (exact) mass is 676 g/mol. The minimum Gasteiger partial charge on any atom is -0.371 e. The second-order valence-corrected chi connectivity index (χ2v) is 16.7. The first kappa shape index (κ1) is 34.6. The normalized spacial score (nSPS) is 23.0. The van der Waals surface area contributed by atoms with Crippen molar-refractivity contribution in [1.82, 2.24) is 19.6 Å². The van der Waals surface area contributed by atoms with E-state index in [2.05, 4.69) is 85.2 Å². The molecular weight excluding hydrogens is 621 g/mol. The molecule has 10 heteroatoms. The molecule has 1 N–H and O–H groups in total. The molecule has 48 heavy (non-hydrogen) atoms. The van der Waals surface area contributed by atoms with Gasteiger partial charge in [0.05, 0.1) is 5.25 Å². The zero-order chi connectivity index (χ0) is 34.0. The van der Waals surface area contributed by atoms with Crippen molar-refractivity contribution < 1.29 is 15.8 Å². The number of rotatable bonds is 8. The summed E-state index contributed by atoms with van der Waals surface area (Å²) in [5, 5.41) is 2.57. The van der Waals surface area contributed by atoms with Gasteiger partial charge in [0.15, 0.2) is 0 Å². The van der Waals surface area contributed by atoms with Gasteiger partial charge >= 0.3 is 6.03 Å². The van der Waals surface area contributed by atoms with E-state index in [1.165, 1.54) is 11.3 Å². The number of carbonyl (C=O) groups is 3. The van der Waals surface area contributed by atoms with Gasteiger partial charge in [-0.15, -0.1) is 11.8 Å². The summed E-state index contributed by atoms with van der Waals surface area (Å²) in [7, 11) is 4.33. The van der Waals surface area contributed by atoms with Gasteiger partial charge in [-0.05, 0) is 75.7 Å². The predicted octanol–water partition coefficient (Wildman–Crippen LogP) is 6.31. The van der Waals surface area contributed by atoms with Crippen LogP contribution in [0.3, 0.4) is 0 Å². The number of thioether (sulfide) groups is 1. The molecule has 2 aromatic carbocycles. The first-order chi connectivity index (χ1) is 23.0. The van der Waals surface area contributed by atoms with E-state index in [0.717, 1.165) is 62.9 Å². The van der Waals surface area contributed by atoms with E-state index in [0.29, 0.717) is 32.2 Å². The van der Waals surface area contributed by atoms with Gasteiger partial charge in [0.25, 0.3) is 0 Å². The van der Waals surface area contributed by atoms with E-state index in [4.69, 9.17) is 0 Å². The van der Waals surface area contributed by atoms with Crippen LogP contribution in [0.15, 0.2) is 48.5 Å². The molecule has 0 bridgehead atoms. The number of likely N-dealkylation sites (tertiary alicyclic amines) is 1. The van der Waals surface area contributed by atoms with Gasteiger partial charge < -0.3 is 29.8 Å². The van der Waals surface area contributed by atoms with Gasteiger partial charge in [-0.25, -0.2) is 4.79 Å². The van der Waals surface area contributed by atoms with Gasteiger partial charge in [-0.2, -0.15) is 0 Å². The molecule has 4 aliphatic heterocycles. The first-order valence-corrected chi connectivity index (χ1v) is 18.8. The fraction of sp³-hybridized carbons (Fsp3) is 0.605. The lowest BCUT2D eigenvalue weighted by Crippen LogP contribution is -2.50. The van der Waals surface area contributed by atoms with E-state index >= 15 is 0 Å². The molecular formula is C38H56N6O3S. The molecule has 0 aromatic heterocycles. The number of anilines is 2. The summed E-state index contributed by atoms with van der Waals surface area (Å²) in [5.74, 6) is 0.127. The molecule has 4 heterocycles. The largest absolute Gasteiger partial charge is 0.371 e. The van der Waals surface area contributed by atoms with Crippen molar-refractivity contribution in [3.05, 3.63) is 59.7 Å². The van der Waals surface area contributed by atoms with E-state index in [1.807, 2.05) is 28.0 Å². The van der Waals surface area contributed by atoms with Gasteiger partial charge in [0, 0.05) is 76.1 Å². The second-order valence-electron chi connectivity index (χ2n) is 15.4. The topological polar surface area (TPSA) is 79.4 Å². The average molecular weight is 677 g/mol. The maximum Gasteiger partial charge on any atom is 0.322 e. The summed E-state index contributed by atoms with van der Waals surface area (Å²) in [6.07, 6.45) is 5.67. The molecule has 2 aromatic rings. The maximum atomic E-state index is 14.1. The Morgan fingerprint density at radius 1 is 0.938 bits per heavy atom. The van der Waals surface area contributed by atoms with E-state index < -0.39 is 5.25 Å². The number of para-hydroxylation sites is 2. The summed E-state index contributed by atoms with van der Waals surface area (Å²) in [6, 6.07) is 17.2. The smallest absolute Gasteiger partial charge is 0.322 e. The minimum absolute atomic E-state index is 0. The third-order valence-electron chi connectivity index (χ3n) is 10.7. The maximum absolute atomic E-state index is 14.1. The highest BCUT2D eigenvalue weighted by molar-refractivity contribution is 8.01. The van der Waals surface area contributed by atoms with Crippen LogP contribution in [0, 0.1) is 5.41 Å². The molecule has 4 aliphatic rings. The number of hydrogen-bond donors (Lipinski definition) is 1. The zero-order valence-corrected chi connectivity index (χ0v) is 30.3. The van der Waals surface area contributed by atoms with Crippen LogP contribution in [-0.4, -0.2) is 108 Å². The summed E-state index contributed by atoms with van der Waals surface area (Å²) >= 11 is 1.66. The van der Waals surface area contributed by atoms with Crippen LogP contribution in [0.5, 0.6) is 0 Å². The SMILES string of the molecule is CN(C)C1CCN(c2ccccc2C2SC(CC(=O)N3CCC(N4CCc5ccccc5NC4=O)CC3)C(=O)N2CCC(C)(C)C)CC1.[HH]. The molecule has 0 aliphatic carbocycles. The summed E-state index contributed by atoms with van der Waals surface area (Å²) in [5.41, 5.74) is 4.54. The molecule has 3 saturated heterocycles. The van der Waals surface area contributed by atoms with Crippen molar-refractivity contribution in [2.75, 3.05) is 63.6 Å². The van der Waals surface area contributed by atoms with E-state index in [9.17, 15) is 14.4 Å². The second kappa shape index (κ2) is 14.7. The number of hydrogen-bond acceptors (Lipinski definition) is 6. The van der Waals surface area contributed by atoms with Crippen molar-refractivity contribution in [1.29, 1.82) is 0 Å². The highest BCUT2D eigenvalue weighted by Gasteiger charge is 2.44. The number of fused-ring (bicyclic) bond motifs is 1. The van der Waals surface area contributed by atoms with Crippen LogP contribution in [0.4, 0.5) is 16.2 Å².